The van der Waals surface area contributed by atoms with Crippen LogP contribution in [-0.2, 0) is 30.4 Å². The summed E-state index contributed by atoms with van der Waals surface area (Å²) in [6.45, 7) is 2.15. The minimum absolute atomic E-state index is 0.151. The number of hydrogen-bond acceptors (Lipinski definition) is 7. The molecule has 3 unspecified atom stereocenters. The third-order valence-corrected chi connectivity index (χ3v) is 8.46. The van der Waals surface area contributed by atoms with Gasteiger partial charge in [0.25, 0.3) is 0 Å². The molecule has 0 aliphatic rings. The topological polar surface area (TPSA) is 188 Å². The van der Waals surface area contributed by atoms with E-state index < -0.39 is 47.8 Å². The molecule has 11 heteroatoms. The number of carboxylic acids is 3. The minimum atomic E-state index is -3.02. The van der Waals surface area contributed by atoms with Gasteiger partial charge in [0.15, 0.2) is 5.60 Å². The number of rotatable bonds is 25. The highest BCUT2D eigenvalue weighted by Crippen LogP contribution is 2.27. The van der Waals surface area contributed by atoms with Crippen molar-refractivity contribution in [3.8, 4) is 16.9 Å². The van der Waals surface area contributed by atoms with Crippen LogP contribution in [0.4, 0.5) is 0 Å². The Morgan fingerprint density at radius 3 is 2.04 bits per heavy atom. The number of ether oxygens (including phenoxy) is 1. The van der Waals surface area contributed by atoms with Crippen molar-refractivity contribution >= 4 is 29.6 Å². The fourth-order valence-electron chi connectivity index (χ4n) is 5.57. The number of allylic oxidation sites excluding steroid dienone is 1. The number of carboxylic acid groups (broad SMARTS) is 3. The number of hydrogen-bond donors (Lipinski definition) is 5. The van der Waals surface area contributed by atoms with Crippen molar-refractivity contribution in [2.75, 3.05) is 7.11 Å². The maximum Gasteiger partial charge on any atom is 0.337 e. The smallest absolute Gasteiger partial charge is 0.337 e. The van der Waals surface area contributed by atoms with E-state index in [1.165, 1.54) is 12.5 Å². The van der Waals surface area contributed by atoms with Crippen molar-refractivity contribution in [2.45, 2.75) is 108 Å². The zero-order valence-electron chi connectivity index (χ0n) is 28.6. The zero-order valence-corrected chi connectivity index (χ0v) is 28.6. The number of ketones is 1. The second-order valence-electron chi connectivity index (χ2n) is 12.4. The van der Waals surface area contributed by atoms with E-state index in [2.05, 4.69) is 12.2 Å². The Morgan fingerprint density at radius 2 is 1.47 bits per heavy atom. The van der Waals surface area contributed by atoms with Crippen LogP contribution in [0.15, 0.2) is 60.7 Å². The molecule has 0 aromatic heterocycles. The van der Waals surface area contributed by atoms with Gasteiger partial charge in [0.1, 0.15) is 17.6 Å². The number of nitrogens with one attached hydrogen (secondary N) is 1. The number of amides is 1. The first-order valence-electron chi connectivity index (χ1n) is 17.0. The van der Waals surface area contributed by atoms with Crippen LogP contribution in [0.1, 0.15) is 96.0 Å². The van der Waals surface area contributed by atoms with E-state index >= 15 is 0 Å². The Hall–Kier alpha value is -4.51. The summed E-state index contributed by atoms with van der Waals surface area (Å²) >= 11 is 0. The zero-order chi connectivity index (χ0) is 36.2. The molecular formula is C38H51NO10. The molecule has 0 aliphatic carbocycles. The maximum absolute atomic E-state index is 13.4. The van der Waals surface area contributed by atoms with E-state index in [1.54, 1.807) is 31.4 Å². The van der Waals surface area contributed by atoms with Crippen molar-refractivity contribution in [1.29, 1.82) is 0 Å². The van der Waals surface area contributed by atoms with Crippen molar-refractivity contribution < 1.29 is 49.1 Å². The van der Waals surface area contributed by atoms with Gasteiger partial charge in [-0.25, -0.2) is 9.59 Å². The van der Waals surface area contributed by atoms with E-state index in [0.29, 0.717) is 37.0 Å². The SMILES string of the molecule is CCCCCCCC(=O)CCCCCC/C=C/C(C(=O)NC(Cc1ccc(-c2cccc(OC)c2)cc1)C(=O)O)C(O)(CC(=O)O)C(=O)O. The van der Waals surface area contributed by atoms with E-state index in [9.17, 15) is 44.4 Å². The lowest BCUT2D eigenvalue weighted by Crippen LogP contribution is -2.55. The van der Waals surface area contributed by atoms with E-state index in [-0.39, 0.29) is 12.2 Å². The van der Waals surface area contributed by atoms with Gasteiger partial charge < -0.3 is 30.5 Å². The van der Waals surface area contributed by atoms with Crippen LogP contribution in [0.5, 0.6) is 5.75 Å². The molecule has 2 aromatic carbocycles. The van der Waals surface area contributed by atoms with Crippen LogP contribution in [0.3, 0.4) is 0 Å². The normalized spacial score (nSPS) is 13.7. The molecule has 0 spiro atoms. The lowest BCUT2D eigenvalue weighted by molar-refractivity contribution is -0.172. The van der Waals surface area contributed by atoms with Crippen molar-refractivity contribution in [1.82, 2.24) is 5.32 Å². The predicted octanol–water partition coefficient (Wildman–Crippen LogP) is 6.21. The number of benzene rings is 2. The Kier molecular flexibility index (Phi) is 17.8. The highest BCUT2D eigenvalue weighted by atomic mass is 16.5. The molecule has 0 bridgehead atoms. The minimum Gasteiger partial charge on any atom is -0.497 e. The first-order valence-corrected chi connectivity index (χ1v) is 17.0. The molecule has 5 N–H and O–H groups in total. The molecule has 0 saturated carbocycles. The van der Waals surface area contributed by atoms with Gasteiger partial charge in [-0.05, 0) is 54.5 Å². The van der Waals surface area contributed by atoms with Crippen LogP contribution in [0.2, 0.25) is 0 Å². The summed E-state index contributed by atoms with van der Waals surface area (Å²) in [5, 5.41) is 42.3. The van der Waals surface area contributed by atoms with Crippen LogP contribution >= 0.6 is 0 Å². The molecule has 268 valence electrons. The molecule has 49 heavy (non-hydrogen) atoms. The fourth-order valence-corrected chi connectivity index (χ4v) is 5.57. The van der Waals surface area contributed by atoms with Gasteiger partial charge in [0, 0.05) is 19.3 Å². The van der Waals surface area contributed by atoms with Crippen molar-refractivity contribution in [2.24, 2.45) is 5.92 Å². The van der Waals surface area contributed by atoms with Crippen molar-refractivity contribution in [3.63, 3.8) is 0 Å². The number of unbranched alkanes of at least 4 members (excludes halogenated alkanes) is 8. The van der Waals surface area contributed by atoms with Crippen LogP contribution in [0, 0.1) is 5.92 Å². The molecule has 2 rings (SSSR count). The molecule has 1 amide bonds. The Labute approximate surface area is 288 Å². The monoisotopic (exact) mass is 681 g/mol. The summed E-state index contributed by atoms with van der Waals surface area (Å²) in [6.07, 6.45) is 11.3. The summed E-state index contributed by atoms with van der Waals surface area (Å²) in [5.74, 6) is -7.02. The fraction of sp³-hybridized carbons (Fsp3) is 0.500. The van der Waals surface area contributed by atoms with Crippen LogP contribution in [-0.4, -0.2) is 68.8 Å². The van der Waals surface area contributed by atoms with Gasteiger partial charge in [0.05, 0.1) is 19.4 Å². The molecule has 0 saturated heterocycles. The molecule has 0 fully saturated rings. The second kappa shape index (κ2) is 21.5. The van der Waals surface area contributed by atoms with Crippen LogP contribution in [0.25, 0.3) is 11.1 Å². The summed E-state index contributed by atoms with van der Waals surface area (Å²) in [4.78, 5) is 61.2. The number of carbonyl (C=O) groups excluding carboxylic acids is 2. The maximum atomic E-state index is 13.4. The lowest BCUT2D eigenvalue weighted by atomic mass is 9.82. The summed E-state index contributed by atoms with van der Waals surface area (Å²) < 4.78 is 5.26. The van der Waals surface area contributed by atoms with Gasteiger partial charge in [-0.15, -0.1) is 0 Å². The first kappa shape index (κ1) is 40.7. The molecule has 0 radical (unpaired) electrons. The van der Waals surface area contributed by atoms with Gasteiger partial charge in [0.2, 0.25) is 5.91 Å². The highest BCUT2D eigenvalue weighted by molar-refractivity contribution is 5.94. The quantitative estimate of drug-likeness (QED) is 0.0596. The van der Waals surface area contributed by atoms with E-state index in [1.807, 2.05) is 24.3 Å². The molecule has 0 heterocycles. The van der Waals surface area contributed by atoms with Crippen molar-refractivity contribution in [3.05, 3.63) is 66.2 Å². The average Bonchev–Trinajstić information content (AvgIpc) is 3.06. The number of aliphatic hydroxyl groups is 1. The molecule has 11 nitrogen and oxygen atoms in total. The molecule has 0 aliphatic heterocycles. The third-order valence-electron chi connectivity index (χ3n) is 8.46. The Bertz CT molecular complexity index is 1400. The second-order valence-corrected chi connectivity index (χ2v) is 12.4. The molecular weight excluding hydrogens is 630 g/mol. The van der Waals surface area contributed by atoms with Gasteiger partial charge >= 0.3 is 17.9 Å². The number of methoxy groups -OCH3 is 1. The number of carbonyl (C=O) groups is 5. The lowest BCUT2D eigenvalue weighted by Gasteiger charge is -2.29. The third kappa shape index (κ3) is 14.2. The standard InChI is InChI=1S/C38H51NO10/c1-3-4-5-8-11-16-30(40)17-12-9-6-7-10-13-19-32(38(48,37(46)47)26-34(41)42)35(43)39-33(36(44)45)24-27-20-22-28(23-21-27)29-15-14-18-31(25-29)49-2/h13-15,18-23,25,32-33,48H,3-12,16-17,24,26H2,1-2H3,(H,39,43)(H,41,42)(H,44,45)(H,46,47)/b19-13+. The summed E-state index contributed by atoms with van der Waals surface area (Å²) in [6, 6.07) is 12.9. The van der Waals surface area contributed by atoms with Crippen LogP contribution < -0.4 is 10.1 Å². The summed E-state index contributed by atoms with van der Waals surface area (Å²) in [7, 11) is 1.56. The van der Waals surface area contributed by atoms with Gasteiger partial charge in [-0.3, -0.25) is 14.4 Å². The molecule has 2 aromatic rings. The first-order chi connectivity index (χ1) is 23.4. The largest absolute Gasteiger partial charge is 0.497 e. The van der Waals surface area contributed by atoms with Gasteiger partial charge in [-0.1, -0.05) is 94.0 Å². The predicted molar refractivity (Wildman–Crippen MR) is 185 cm³/mol. The van der Waals surface area contributed by atoms with E-state index in [0.717, 1.165) is 62.1 Å². The highest BCUT2D eigenvalue weighted by Gasteiger charge is 2.49. The Morgan fingerprint density at radius 1 is 0.837 bits per heavy atom. The van der Waals surface area contributed by atoms with E-state index in [4.69, 9.17) is 4.74 Å². The Balaban J connectivity index is 2.04. The molecule has 3 atom stereocenters. The number of aliphatic carboxylic acids is 3. The summed E-state index contributed by atoms with van der Waals surface area (Å²) in [5.41, 5.74) is -0.719. The number of Topliss-reactive ketones (excluding diaryl/α,β-unsaturated/α-hetero) is 1. The average molecular weight is 682 g/mol. The van der Waals surface area contributed by atoms with Gasteiger partial charge in [-0.2, -0.15) is 0 Å².